The van der Waals surface area contributed by atoms with Crippen LogP contribution in [0.15, 0.2) is 0 Å². The third kappa shape index (κ3) is 1.55. The van der Waals surface area contributed by atoms with Crippen LogP contribution in [0.1, 0.15) is 33.1 Å². The van der Waals surface area contributed by atoms with E-state index in [9.17, 15) is 9.59 Å². The molecule has 0 aromatic carbocycles. The van der Waals surface area contributed by atoms with Crippen molar-refractivity contribution in [2.75, 3.05) is 33.2 Å². The third-order valence-corrected chi connectivity index (χ3v) is 6.05. The Hall–Kier alpha value is -0.900. The van der Waals surface area contributed by atoms with E-state index in [0.717, 1.165) is 39.0 Å². The molecular formula is C15H24N2O2. The lowest BCUT2D eigenvalue weighted by molar-refractivity contribution is -0.154. The zero-order valence-corrected chi connectivity index (χ0v) is 12.2. The fourth-order valence-electron chi connectivity index (χ4n) is 4.46. The van der Waals surface area contributed by atoms with Gasteiger partial charge in [-0.05, 0) is 31.2 Å². The van der Waals surface area contributed by atoms with Crippen molar-refractivity contribution in [1.82, 2.24) is 9.80 Å². The number of piperazine rings is 1. The Balaban J connectivity index is 1.88. The molecule has 3 rings (SSSR count). The first-order valence-electron chi connectivity index (χ1n) is 7.41. The predicted molar refractivity (Wildman–Crippen MR) is 72.6 cm³/mol. The lowest BCUT2D eigenvalue weighted by Crippen LogP contribution is -2.56. The van der Waals surface area contributed by atoms with Gasteiger partial charge < -0.3 is 9.80 Å². The van der Waals surface area contributed by atoms with Gasteiger partial charge in [0.15, 0.2) is 0 Å². The number of amides is 1. The smallest absolute Gasteiger partial charge is 0.236 e. The standard InChI is InChI=1S/C15H24N2O2/c1-14(2)11-4-5-15(14,12(18)10-11)13(19)17-8-6-16(3)7-9-17/h11H,4-10H2,1-3H3. The van der Waals surface area contributed by atoms with Crippen LogP contribution < -0.4 is 0 Å². The Bertz CT molecular complexity index is 424. The molecule has 2 unspecified atom stereocenters. The molecule has 0 aromatic rings. The first kappa shape index (κ1) is 13.1. The van der Waals surface area contributed by atoms with Crippen LogP contribution in [0.2, 0.25) is 0 Å². The Morgan fingerprint density at radius 3 is 2.32 bits per heavy atom. The molecule has 2 saturated carbocycles. The zero-order chi connectivity index (χ0) is 13.8. The average Bonchev–Trinajstić information content (AvgIpc) is 2.73. The quantitative estimate of drug-likeness (QED) is 0.667. The maximum atomic E-state index is 13.0. The summed E-state index contributed by atoms with van der Waals surface area (Å²) in [6.07, 6.45) is 2.43. The lowest BCUT2D eigenvalue weighted by Gasteiger charge is -2.41. The number of nitrogens with zero attached hydrogens (tertiary/aromatic N) is 2. The van der Waals surface area contributed by atoms with E-state index >= 15 is 0 Å². The minimum absolute atomic E-state index is 0.121. The van der Waals surface area contributed by atoms with E-state index in [0.29, 0.717) is 12.3 Å². The molecule has 0 N–H and O–H groups in total. The van der Waals surface area contributed by atoms with Gasteiger partial charge in [0.25, 0.3) is 0 Å². The molecule has 1 amide bonds. The van der Waals surface area contributed by atoms with Crippen LogP contribution in [0.5, 0.6) is 0 Å². The molecular weight excluding hydrogens is 240 g/mol. The van der Waals surface area contributed by atoms with E-state index in [1.54, 1.807) is 0 Å². The molecule has 1 heterocycles. The lowest BCUT2D eigenvalue weighted by atomic mass is 9.68. The van der Waals surface area contributed by atoms with Crippen molar-refractivity contribution in [2.45, 2.75) is 33.1 Å². The molecule has 19 heavy (non-hydrogen) atoms. The molecule has 0 radical (unpaired) electrons. The van der Waals surface area contributed by atoms with Crippen LogP contribution in [-0.4, -0.2) is 54.7 Å². The summed E-state index contributed by atoms with van der Waals surface area (Å²) in [5.41, 5.74) is -0.849. The number of carbonyl (C=O) groups is 2. The summed E-state index contributed by atoms with van der Waals surface area (Å²) in [6.45, 7) is 7.63. The summed E-state index contributed by atoms with van der Waals surface area (Å²) >= 11 is 0. The summed E-state index contributed by atoms with van der Waals surface area (Å²) < 4.78 is 0. The van der Waals surface area contributed by atoms with Gasteiger partial charge in [0.1, 0.15) is 11.2 Å². The van der Waals surface area contributed by atoms with Crippen molar-refractivity contribution in [3.63, 3.8) is 0 Å². The third-order valence-electron chi connectivity index (χ3n) is 6.05. The summed E-state index contributed by atoms with van der Waals surface area (Å²) in [5.74, 6) is 0.740. The highest BCUT2D eigenvalue weighted by atomic mass is 16.2. The second-order valence-corrected chi connectivity index (χ2v) is 7.09. The van der Waals surface area contributed by atoms with Gasteiger partial charge in [-0.1, -0.05) is 13.8 Å². The molecule has 3 fully saturated rings. The number of ketones is 1. The van der Waals surface area contributed by atoms with Crippen LogP contribution in [0, 0.1) is 16.7 Å². The van der Waals surface area contributed by atoms with E-state index in [1.807, 2.05) is 4.90 Å². The van der Waals surface area contributed by atoms with Crippen molar-refractivity contribution in [3.05, 3.63) is 0 Å². The fraction of sp³-hybridized carbons (Fsp3) is 0.867. The van der Waals surface area contributed by atoms with Crippen molar-refractivity contribution >= 4 is 11.7 Å². The molecule has 1 saturated heterocycles. The Kier molecular flexibility index (Phi) is 2.79. The molecule has 1 aliphatic heterocycles. The molecule has 2 atom stereocenters. The first-order chi connectivity index (χ1) is 8.89. The number of rotatable bonds is 1. The van der Waals surface area contributed by atoms with Gasteiger partial charge >= 0.3 is 0 Å². The molecule has 0 spiro atoms. The van der Waals surface area contributed by atoms with E-state index in [1.165, 1.54) is 0 Å². The molecule has 2 aliphatic carbocycles. The van der Waals surface area contributed by atoms with E-state index in [2.05, 4.69) is 25.8 Å². The van der Waals surface area contributed by atoms with Crippen molar-refractivity contribution in [1.29, 1.82) is 0 Å². The van der Waals surface area contributed by atoms with Gasteiger partial charge in [-0.15, -0.1) is 0 Å². The molecule has 4 nitrogen and oxygen atoms in total. The van der Waals surface area contributed by atoms with Crippen LogP contribution in [-0.2, 0) is 9.59 Å². The molecule has 2 bridgehead atoms. The molecule has 4 heteroatoms. The summed E-state index contributed by atoms with van der Waals surface area (Å²) in [4.78, 5) is 29.6. The Morgan fingerprint density at radius 1 is 1.21 bits per heavy atom. The highest BCUT2D eigenvalue weighted by Crippen LogP contribution is 2.64. The fourth-order valence-corrected chi connectivity index (χ4v) is 4.46. The Morgan fingerprint density at radius 2 is 1.84 bits per heavy atom. The highest BCUT2D eigenvalue weighted by molar-refractivity contribution is 6.09. The molecule has 106 valence electrons. The normalized spacial score (nSPS) is 37.9. The van der Waals surface area contributed by atoms with Crippen LogP contribution in [0.3, 0.4) is 0 Å². The number of Topliss-reactive ketones (excluding diaryl/α,β-unsaturated/α-hetero) is 1. The largest absolute Gasteiger partial charge is 0.339 e. The van der Waals surface area contributed by atoms with Gasteiger partial charge in [0.05, 0.1) is 0 Å². The van der Waals surface area contributed by atoms with E-state index < -0.39 is 5.41 Å². The summed E-state index contributed by atoms with van der Waals surface area (Å²) in [6, 6.07) is 0. The second kappa shape index (κ2) is 4.05. The number of hydrogen-bond acceptors (Lipinski definition) is 3. The predicted octanol–water partition coefficient (Wildman–Crippen LogP) is 1.16. The van der Waals surface area contributed by atoms with Gasteiger partial charge in [0, 0.05) is 32.6 Å². The molecule has 3 aliphatic rings. The highest BCUT2D eigenvalue weighted by Gasteiger charge is 2.68. The average molecular weight is 264 g/mol. The van der Waals surface area contributed by atoms with Gasteiger partial charge in [-0.2, -0.15) is 0 Å². The van der Waals surface area contributed by atoms with E-state index in [-0.39, 0.29) is 17.1 Å². The minimum Gasteiger partial charge on any atom is -0.339 e. The first-order valence-corrected chi connectivity index (χ1v) is 7.41. The topological polar surface area (TPSA) is 40.6 Å². The van der Waals surface area contributed by atoms with Crippen LogP contribution >= 0.6 is 0 Å². The maximum absolute atomic E-state index is 13.0. The second-order valence-electron chi connectivity index (χ2n) is 7.09. The van der Waals surface area contributed by atoms with Gasteiger partial charge in [0.2, 0.25) is 5.91 Å². The SMILES string of the molecule is CN1CCN(C(=O)C23CCC(CC2=O)C3(C)C)CC1. The van der Waals surface area contributed by atoms with Crippen LogP contribution in [0.4, 0.5) is 0 Å². The van der Waals surface area contributed by atoms with Gasteiger partial charge in [-0.25, -0.2) is 0 Å². The van der Waals surface area contributed by atoms with Gasteiger partial charge in [-0.3, -0.25) is 9.59 Å². The monoisotopic (exact) mass is 264 g/mol. The number of likely N-dealkylation sites (N-methyl/N-ethyl adjacent to an activating group) is 1. The maximum Gasteiger partial charge on any atom is 0.236 e. The number of carbonyl (C=O) groups excluding carboxylic acids is 2. The van der Waals surface area contributed by atoms with Crippen molar-refractivity contribution in [2.24, 2.45) is 16.7 Å². The molecule has 0 aromatic heterocycles. The van der Waals surface area contributed by atoms with Crippen LogP contribution in [0.25, 0.3) is 0 Å². The minimum atomic E-state index is -0.701. The Labute approximate surface area is 115 Å². The number of hydrogen-bond donors (Lipinski definition) is 0. The summed E-state index contributed by atoms with van der Waals surface area (Å²) in [5, 5.41) is 0. The van der Waals surface area contributed by atoms with Crippen molar-refractivity contribution < 1.29 is 9.59 Å². The van der Waals surface area contributed by atoms with E-state index in [4.69, 9.17) is 0 Å². The summed E-state index contributed by atoms with van der Waals surface area (Å²) in [7, 11) is 2.08. The zero-order valence-electron chi connectivity index (χ0n) is 12.2. The number of fused-ring (bicyclic) bond motifs is 2. The van der Waals surface area contributed by atoms with Crippen molar-refractivity contribution in [3.8, 4) is 0 Å².